The maximum Gasteiger partial charge on any atom is 0.338 e. The summed E-state index contributed by atoms with van der Waals surface area (Å²) < 4.78 is 34.5. The number of hydrogen-bond donors (Lipinski definition) is 1. The lowest BCUT2D eigenvalue weighted by Crippen LogP contribution is -2.22. The molecule has 7 nitrogen and oxygen atoms in total. The molecule has 0 radical (unpaired) electrons. The number of nitrogens with one attached hydrogen (secondary N) is 1. The summed E-state index contributed by atoms with van der Waals surface area (Å²) >= 11 is 0. The van der Waals surface area contributed by atoms with Crippen LogP contribution >= 0.6 is 0 Å². The molecule has 1 aliphatic heterocycles. The molecule has 0 bridgehead atoms. The SMILES string of the molecule is COc1cc(C(=O)OCC(=O)Nc2ccccc2F)cc2c1OCCO2. The molecule has 26 heavy (non-hydrogen) atoms. The van der Waals surface area contributed by atoms with Gasteiger partial charge in [0.2, 0.25) is 5.75 Å². The van der Waals surface area contributed by atoms with Crippen molar-refractivity contribution in [1.29, 1.82) is 0 Å². The molecular formula is C18H16FNO6. The van der Waals surface area contributed by atoms with Crippen LogP contribution in [0.3, 0.4) is 0 Å². The Morgan fingerprint density at radius 3 is 2.73 bits per heavy atom. The lowest BCUT2D eigenvalue weighted by atomic mass is 10.1. The van der Waals surface area contributed by atoms with Crippen LogP contribution in [0, 0.1) is 5.82 Å². The van der Waals surface area contributed by atoms with Gasteiger partial charge in [0, 0.05) is 0 Å². The van der Waals surface area contributed by atoms with E-state index in [0.29, 0.717) is 30.5 Å². The third-order valence-electron chi connectivity index (χ3n) is 3.55. The van der Waals surface area contributed by atoms with Crippen LogP contribution in [0.5, 0.6) is 17.2 Å². The number of carbonyl (C=O) groups excluding carboxylic acids is 2. The second kappa shape index (κ2) is 7.73. The molecule has 0 fully saturated rings. The summed E-state index contributed by atoms with van der Waals surface area (Å²) in [5.74, 6) is -0.892. The van der Waals surface area contributed by atoms with E-state index in [9.17, 15) is 14.0 Å². The number of para-hydroxylation sites is 1. The molecule has 0 saturated heterocycles. The van der Waals surface area contributed by atoms with E-state index in [2.05, 4.69) is 5.32 Å². The van der Waals surface area contributed by atoms with Crippen molar-refractivity contribution in [2.45, 2.75) is 0 Å². The quantitative estimate of drug-likeness (QED) is 0.824. The predicted molar refractivity (Wildman–Crippen MR) is 89.3 cm³/mol. The van der Waals surface area contributed by atoms with Crippen molar-refractivity contribution < 1.29 is 32.9 Å². The Labute approximate surface area is 148 Å². The summed E-state index contributed by atoms with van der Waals surface area (Å²) in [6.45, 7) is 0.160. The molecule has 2 aromatic rings. The Morgan fingerprint density at radius 1 is 1.19 bits per heavy atom. The van der Waals surface area contributed by atoms with E-state index < -0.39 is 24.3 Å². The molecule has 0 spiro atoms. The monoisotopic (exact) mass is 361 g/mol. The van der Waals surface area contributed by atoms with Crippen LogP contribution in [0.4, 0.5) is 10.1 Å². The van der Waals surface area contributed by atoms with Crippen LogP contribution in [-0.4, -0.2) is 38.8 Å². The fraction of sp³-hybridized carbons (Fsp3) is 0.222. The van der Waals surface area contributed by atoms with Crippen LogP contribution < -0.4 is 19.5 Å². The Bertz CT molecular complexity index is 821. The lowest BCUT2D eigenvalue weighted by Gasteiger charge is -2.21. The van der Waals surface area contributed by atoms with Gasteiger partial charge < -0.3 is 24.3 Å². The van der Waals surface area contributed by atoms with Crippen LogP contribution in [-0.2, 0) is 9.53 Å². The molecule has 2 aromatic carbocycles. The third kappa shape index (κ3) is 3.85. The summed E-state index contributed by atoms with van der Waals surface area (Å²) in [4.78, 5) is 24.0. The zero-order valence-corrected chi connectivity index (χ0v) is 13.9. The van der Waals surface area contributed by atoms with Gasteiger partial charge in [-0.3, -0.25) is 4.79 Å². The van der Waals surface area contributed by atoms with Crippen molar-refractivity contribution in [3.05, 3.63) is 47.8 Å². The zero-order valence-electron chi connectivity index (χ0n) is 13.9. The molecule has 1 heterocycles. The van der Waals surface area contributed by atoms with Gasteiger partial charge in [0.1, 0.15) is 19.0 Å². The number of methoxy groups -OCH3 is 1. The topological polar surface area (TPSA) is 83.1 Å². The molecule has 0 unspecified atom stereocenters. The molecular weight excluding hydrogens is 345 g/mol. The highest BCUT2D eigenvalue weighted by molar-refractivity contribution is 5.96. The molecule has 1 amide bonds. The average molecular weight is 361 g/mol. The number of esters is 1. The van der Waals surface area contributed by atoms with Crippen molar-refractivity contribution in [3.63, 3.8) is 0 Å². The van der Waals surface area contributed by atoms with E-state index in [0.717, 1.165) is 0 Å². The molecule has 0 aromatic heterocycles. The third-order valence-corrected chi connectivity index (χ3v) is 3.55. The van der Waals surface area contributed by atoms with Gasteiger partial charge in [0.15, 0.2) is 18.1 Å². The van der Waals surface area contributed by atoms with E-state index in [-0.39, 0.29) is 11.3 Å². The Kier molecular flexibility index (Phi) is 5.21. The first-order valence-corrected chi connectivity index (χ1v) is 7.77. The summed E-state index contributed by atoms with van der Waals surface area (Å²) in [5.41, 5.74) is 0.152. The zero-order chi connectivity index (χ0) is 18.5. The molecule has 0 saturated carbocycles. The van der Waals surface area contributed by atoms with Gasteiger partial charge in [-0.15, -0.1) is 0 Å². The van der Waals surface area contributed by atoms with Gasteiger partial charge in [0.05, 0.1) is 18.4 Å². The first-order valence-electron chi connectivity index (χ1n) is 7.77. The van der Waals surface area contributed by atoms with Gasteiger partial charge in [-0.25, -0.2) is 9.18 Å². The second-order valence-corrected chi connectivity index (χ2v) is 5.31. The lowest BCUT2D eigenvalue weighted by molar-refractivity contribution is -0.119. The van der Waals surface area contributed by atoms with Crippen LogP contribution in [0.2, 0.25) is 0 Å². The number of halogens is 1. The summed E-state index contributed by atoms with van der Waals surface area (Å²) in [6.07, 6.45) is 0. The smallest absolute Gasteiger partial charge is 0.338 e. The van der Waals surface area contributed by atoms with E-state index in [4.69, 9.17) is 18.9 Å². The normalized spacial score (nSPS) is 12.2. The van der Waals surface area contributed by atoms with Gasteiger partial charge in [-0.2, -0.15) is 0 Å². The average Bonchev–Trinajstić information content (AvgIpc) is 2.67. The van der Waals surface area contributed by atoms with Crippen molar-refractivity contribution in [2.75, 3.05) is 32.2 Å². The number of amides is 1. The first-order chi connectivity index (χ1) is 12.6. The number of hydrogen-bond acceptors (Lipinski definition) is 6. The second-order valence-electron chi connectivity index (χ2n) is 5.31. The summed E-state index contributed by atoms with van der Waals surface area (Å²) in [5, 5.41) is 2.33. The Balaban J connectivity index is 1.65. The van der Waals surface area contributed by atoms with E-state index in [1.807, 2.05) is 0 Å². The van der Waals surface area contributed by atoms with Gasteiger partial charge in [0.25, 0.3) is 5.91 Å². The minimum absolute atomic E-state index is 0.00884. The van der Waals surface area contributed by atoms with Crippen LogP contribution in [0.1, 0.15) is 10.4 Å². The Hall–Kier alpha value is -3.29. The Morgan fingerprint density at radius 2 is 1.96 bits per heavy atom. The number of carbonyl (C=O) groups is 2. The van der Waals surface area contributed by atoms with E-state index in [1.165, 1.54) is 37.4 Å². The van der Waals surface area contributed by atoms with Gasteiger partial charge in [-0.1, -0.05) is 12.1 Å². The van der Waals surface area contributed by atoms with Crippen LogP contribution in [0.25, 0.3) is 0 Å². The van der Waals surface area contributed by atoms with E-state index in [1.54, 1.807) is 6.07 Å². The van der Waals surface area contributed by atoms with Crippen molar-refractivity contribution in [3.8, 4) is 17.2 Å². The molecule has 0 aliphatic carbocycles. The highest BCUT2D eigenvalue weighted by Gasteiger charge is 2.22. The number of anilines is 1. The standard InChI is InChI=1S/C18H16FNO6/c1-23-14-8-11(9-15-17(14)25-7-6-24-15)18(22)26-10-16(21)20-13-5-3-2-4-12(13)19/h2-5,8-9H,6-7,10H2,1H3,(H,20,21). The first kappa shape index (κ1) is 17.5. The molecule has 1 aliphatic rings. The summed E-state index contributed by atoms with van der Waals surface area (Å²) in [6, 6.07) is 8.58. The fourth-order valence-electron chi connectivity index (χ4n) is 2.35. The number of fused-ring (bicyclic) bond motifs is 1. The number of benzene rings is 2. The number of ether oxygens (including phenoxy) is 4. The highest BCUT2D eigenvalue weighted by Crippen LogP contribution is 2.40. The highest BCUT2D eigenvalue weighted by atomic mass is 19.1. The van der Waals surface area contributed by atoms with E-state index >= 15 is 0 Å². The maximum absolute atomic E-state index is 13.5. The molecule has 136 valence electrons. The largest absolute Gasteiger partial charge is 0.493 e. The molecule has 8 heteroatoms. The van der Waals surface area contributed by atoms with Crippen molar-refractivity contribution in [2.24, 2.45) is 0 Å². The maximum atomic E-state index is 13.5. The van der Waals surface area contributed by atoms with Crippen molar-refractivity contribution >= 4 is 17.6 Å². The fourth-order valence-corrected chi connectivity index (χ4v) is 2.35. The predicted octanol–water partition coefficient (Wildman–Crippen LogP) is 2.40. The number of rotatable bonds is 5. The molecule has 0 atom stereocenters. The molecule has 3 rings (SSSR count). The van der Waals surface area contributed by atoms with Gasteiger partial charge >= 0.3 is 5.97 Å². The summed E-state index contributed by atoms with van der Waals surface area (Å²) in [7, 11) is 1.44. The minimum atomic E-state index is -0.746. The van der Waals surface area contributed by atoms with Crippen molar-refractivity contribution in [1.82, 2.24) is 0 Å². The minimum Gasteiger partial charge on any atom is -0.493 e. The van der Waals surface area contributed by atoms with Crippen LogP contribution in [0.15, 0.2) is 36.4 Å². The van der Waals surface area contributed by atoms with Gasteiger partial charge in [-0.05, 0) is 24.3 Å². The molecule has 1 N–H and O–H groups in total.